The van der Waals surface area contributed by atoms with Crippen molar-refractivity contribution < 1.29 is 19.1 Å². The van der Waals surface area contributed by atoms with E-state index < -0.39 is 17.5 Å². The quantitative estimate of drug-likeness (QED) is 0.525. The summed E-state index contributed by atoms with van der Waals surface area (Å²) in [7, 11) is 0. The molecule has 2 rings (SSSR count). The number of hydrogen-bond acceptors (Lipinski definition) is 6. The zero-order chi connectivity index (χ0) is 18.8. The third kappa shape index (κ3) is 5.40. The molecule has 0 amide bonds. The van der Waals surface area contributed by atoms with E-state index in [1.807, 2.05) is 60.7 Å². The van der Waals surface area contributed by atoms with E-state index in [1.54, 1.807) is 0 Å². The van der Waals surface area contributed by atoms with E-state index in [0.29, 0.717) is 13.0 Å². The number of ether oxygens (including phenoxy) is 2. The van der Waals surface area contributed by atoms with Crippen LogP contribution >= 0.6 is 0 Å². The molecule has 0 saturated heterocycles. The van der Waals surface area contributed by atoms with Crippen LogP contribution in [0.1, 0.15) is 24.0 Å². The van der Waals surface area contributed by atoms with Crippen molar-refractivity contribution in [1.29, 1.82) is 0 Å². The molecule has 0 saturated carbocycles. The largest absolute Gasteiger partial charge is 0.459 e. The fraction of sp³-hybridized carbons (Fsp3) is 0.300. The first kappa shape index (κ1) is 19.6. The van der Waals surface area contributed by atoms with E-state index in [-0.39, 0.29) is 19.6 Å². The molecule has 0 aliphatic carbocycles. The van der Waals surface area contributed by atoms with Crippen LogP contribution in [0.3, 0.4) is 0 Å². The lowest BCUT2D eigenvalue weighted by atomic mass is 9.94. The molecule has 0 aliphatic rings. The number of esters is 2. The molecule has 0 atom stereocenters. The van der Waals surface area contributed by atoms with Crippen molar-refractivity contribution in [3.05, 3.63) is 71.8 Å². The third-order valence-electron chi connectivity index (χ3n) is 3.93. The van der Waals surface area contributed by atoms with Crippen LogP contribution in [-0.2, 0) is 32.3 Å². The Bertz CT molecular complexity index is 649. The van der Waals surface area contributed by atoms with Gasteiger partial charge in [0, 0.05) is 0 Å². The van der Waals surface area contributed by atoms with Gasteiger partial charge >= 0.3 is 11.9 Å². The van der Waals surface area contributed by atoms with Gasteiger partial charge in [0.25, 0.3) is 0 Å². The van der Waals surface area contributed by atoms with Gasteiger partial charge in [-0.2, -0.15) is 0 Å². The SMILES string of the molecule is NCCCC(N)(C(=O)OCc1ccccc1)C(=O)OCc1ccccc1. The maximum absolute atomic E-state index is 12.5. The van der Waals surface area contributed by atoms with Gasteiger partial charge in [-0.1, -0.05) is 60.7 Å². The first-order chi connectivity index (χ1) is 12.6. The second-order valence-corrected chi connectivity index (χ2v) is 5.99. The second-order valence-electron chi connectivity index (χ2n) is 5.99. The summed E-state index contributed by atoms with van der Waals surface area (Å²) < 4.78 is 10.5. The number of hydrogen-bond donors (Lipinski definition) is 2. The van der Waals surface area contributed by atoms with Crippen molar-refractivity contribution in [2.24, 2.45) is 11.5 Å². The molecule has 2 aromatic rings. The van der Waals surface area contributed by atoms with Crippen LogP contribution in [0.2, 0.25) is 0 Å². The Balaban J connectivity index is 2.01. The van der Waals surface area contributed by atoms with Crippen LogP contribution in [-0.4, -0.2) is 24.0 Å². The maximum atomic E-state index is 12.5. The van der Waals surface area contributed by atoms with E-state index in [0.717, 1.165) is 11.1 Å². The lowest BCUT2D eigenvalue weighted by molar-refractivity contribution is -0.166. The van der Waals surface area contributed by atoms with E-state index in [9.17, 15) is 9.59 Å². The van der Waals surface area contributed by atoms with Gasteiger partial charge in [0.1, 0.15) is 13.2 Å². The summed E-state index contributed by atoms with van der Waals surface area (Å²) in [6.45, 7) is 0.372. The number of nitrogens with two attached hydrogens (primary N) is 2. The van der Waals surface area contributed by atoms with Gasteiger partial charge in [-0.3, -0.25) is 0 Å². The third-order valence-corrected chi connectivity index (χ3v) is 3.93. The highest BCUT2D eigenvalue weighted by molar-refractivity contribution is 6.04. The van der Waals surface area contributed by atoms with Crippen LogP contribution in [0, 0.1) is 0 Å². The van der Waals surface area contributed by atoms with Gasteiger partial charge < -0.3 is 20.9 Å². The van der Waals surface area contributed by atoms with Gasteiger partial charge in [-0.05, 0) is 30.5 Å². The molecule has 0 unspecified atom stereocenters. The molecule has 0 heterocycles. The van der Waals surface area contributed by atoms with E-state index in [4.69, 9.17) is 20.9 Å². The first-order valence-corrected chi connectivity index (χ1v) is 8.47. The van der Waals surface area contributed by atoms with Crippen molar-refractivity contribution in [2.75, 3.05) is 6.54 Å². The summed E-state index contributed by atoms with van der Waals surface area (Å²) in [4.78, 5) is 25.0. The summed E-state index contributed by atoms with van der Waals surface area (Å²) in [6.07, 6.45) is 0.460. The fourth-order valence-corrected chi connectivity index (χ4v) is 2.37. The molecule has 6 nitrogen and oxygen atoms in total. The van der Waals surface area contributed by atoms with Crippen LogP contribution in [0.5, 0.6) is 0 Å². The first-order valence-electron chi connectivity index (χ1n) is 8.47. The predicted molar refractivity (Wildman–Crippen MR) is 97.7 cm³/mol. The molecule has 0 fully saturated rings. The normalized spacial score (nSPS) is 11.0. The Morgan fingerprint density at radius 3 is 1.62 bits per heavy atom. The fourth-order valence-electron chi connectivity index (χ4n) is 2.37. The van der Waals surface area contributed by atoms with Gasteiger partial charge in [0.15, 0.2) is 0 Å². The summed E-state index contributed by atoms with van der Waals surface area (Å²) >= 11 is 0. The predicted octanol–water partition coefficient (Wildman–Crippen LogP) is 1.91. The molecule has 0 radical (unpaired) electrons. The molecular formula is C20H24N2O4. The van der Waals surface area contributed by atoms with Crippen LogP contribution in [0.15, 0.2) is 60.7 Å². The highest BCUT2D eigenvalue weighted by Crippen LogP contribution is 2.17. The molecule has 2 aromatic carbocycles. The standard InChI is InChI=1S/C20H24N2O4/c21-13-7-12-20(22,18(23)25-14-16-8-3-1-4-9-16)19(24)26-15-17-10-5-2-6-11-17/h1-6,8-11H,7,12-15,21-22H2. The minimum absolute atomic E-state index is 0.0349. The Labute approximate surface area is 153 Å². The van der Waals surface area contributed by atoms with Gasteiger partial charge in [-0.15, -0.1) is 0 Å². The summed E-state index contributed by atoms with van der Waals surface area (Å²) in [5, 5.41) is 0. The minimum atomic E-state index is -1.87. The summed E-state index contributed by atoms with van der Waals surface area (Å²) in [5.41, 5.74) is 11.3. The highest BCUT2D eigenvalue weighted by Gasteiger charge is 2.44. The summed E-state index contributed by atoms with van der Waals surface area (Å²) in [5.74, 6) is -1.62. The molecule has 138 valence electrons. The Kier molecular flexibility index (Phi) is 7.32. The number of benzene rings is 2. The molecule has 4 N–H and O–H groups in total. The maximum Gasteiger partial charge on any atom is 0.338 e. The van der Waals surface area contributed by atoms with Crippen LogP contribution in [0.4, 0.5) is 0 Å². The average molecular weight is 356 g/mol. The lowest BCUT2D eigenvalue weighted by Gasteiger charge is -2.25. The van der Waals surface area contributed by atoms with Crippen molar-refractivity contribution >= 4 is 11.9 Å². The molecular weight excluding hydrogens is 332 g/mol. The Hall–Kier alpha value is -2.70. The number of rotatable bonds is 9. The van der Waals surface area contributed by atoms with Crippen molar-refractivity contribution in [3.8, 4) is 0 Å². The monoisotopic (exact) mass is 356 g/mol. The van der Waals surface area contributed by atoms with Crippen molar-refractivity contribution in [1.82, 2.24) is 0 Å². The van der Waals surface area contributed by atoms with E-state index in [2.05, 4.69) is 0 Å². The molecule has 0 bridgehead atoms. The van der Waals surface area contributed by atoms with Crippen molar-refractivity contribution in [2.45, 2.75) is 31.6 Å². The zero-order valence-corrected chi connectivity index (χ0v) is 14.6. The number of carbonyl (C=O) groups is 2. The highest BCUT2D eigenvalue weighted by atomic mass is 16.6. The van der Waals surface area contributed by atoms with Crippen molar-refractivity contribution in [3.63, 3.8) is 0 Å². The summed E-state index contributed by atoms with van der Waals surface area (Å²) in [6, 6.07) is 18.3. The topological polar surface area (TPSA) is 105 Å². The molecule has 0 aliphatic heterocycles. The Morgan fingerprint density at radius 1 is 0.808 bits per heavy atom. The van der Waals surface area contributed by atoms with Gasteiger partial charge in [0.05, 0.1) is 0 Å². The zero-order valence-electron chi connectivity index (χ0n) is 14.6. The number of carbonyl (C=O) groups excluding carboxylic acids is 2. The lowest BCUT2D eigenvalue weighted by Crippen LogP contribution is -2.56. The van der Waals surface area contributed by atoms with Gasteiger partial charge in [-0.25, -0.2) is 9.59 Å². The van der Waals surface area contributed by atoms with E-state index >= 15 is 0 Å². The smallest absolute Gasteiger partial charge is 0.338 e. The average Bonchev–Trinajstić information content (AvgIpc) is 2.69. The molecule has 0 aromatic heterocycles. The second kappa shape index (κ2) is 9.70. The molecule has 0 spiro atoms. The Morgan fingerprint density at radius 2 is 1.23 bits per heavy atom. The van der Waals surface area contributed by atoms with E-state index in [1.165, 1.54) is 0 Å². The van der Waals surface area contributed by atoms with Crippen LogP contribution < -0.4 is 11.5 Å². The van der Waals surface area contributed by atoms with Crippen LogP contribution in [0.25, 0.3) is 0 Å². The van der Waals surface area contributed by atoms with Gasteiger partial charge in [0.2, 0.25) is 5.54 Å². The minimum Gasteiger partial charge on any atom is -0.459 e. The molecule has 6 heteroatoms. The molecule has 26 heavy (non-hydrogen) atoms.